The van der Waals surface area contributed by atoms with Gasteiger partial charge >= 0.3 is 0 Å². The highest BCUT2D eigenvalue weighted by Crippen LogP contribution is 2.30. The average molecular weight is 653 g/mol. The first-order valence-corrected chi connectivity index (χ1v) is 15.9. The highest BCUT2D eigenvalue weighted by atomic mass is 35.5. The topological polar surface area (TPSA) is 82.2 Å². The number of hydrogen-bond acceptors (Lipinski definition) is 6. The van der Waals surface area contributed by atoms with Gasteiger partial charge in [-0.05, 0) is 47.5 Å². The van der Waals surface area contributed by atoms with E-state index in [0.29, 0.717) is 47.1 Å². The molecule has 45 heavy (non-hydrogen) atoms. The standard InChI is InChI=1S/C35H27Cl2N5O2S/c36-29-15-14-27(22-30(29)37)42-34(44)31(21-26-13-7-8-16-39-26)45-35(42)28(23-38)33(43)41-19-17-40(18-20-41)32(24-9-3-1-4-10-24)25-11-5-2-6-12-25/h1-16,21-22,32H,17-20H2. The highest BCUT2D eigenvalue weighted by Gasteiger charge is 2.30. The molecular weight excluding hydrogens is 625 g/mol. The van der Waals surface area contributed by atoms with Crippen LogP contribution in [0.3, 0.4) is 0 Å². The molecule has 7 nitrogen and oxygen atoms in total. The van der Waals surface area contributed by atoms with Crippen molar-refractivity contribution < 1.29 is 4.79 Å². The van der Waals surface area contributed by atoms with Gasteiger partial charge in [-0.15, -0.1) is 11.3 Å². The summed E-state index contributed by atoms with van der Waals surface area (Å²) in [5, 5.41) is 10.9. The van der Waals surface area contributed by atoms with Crippen molar-refractivity contribution in [2.75, 3.05) is 26.2 Å². The van der Waals surface area contributed by atoms with Crippen molar-refractivity contribution in [3.8, 4) is 11.8 Å². The molecule has 0 unspecified atom stereocenters. The molecule has 5 aromatic rings. The van der Waals surface area contributed by atoms with Gasteiger partial charge in [0.2, 0.25) is 0 Å². The van der Waals surface area contributed by atoms with Crippen LogP contribution in [0.4, 0.5) is 0 Å². The molecule has 0 N–H and O–H groups in total. The molecule has 2 aromatic heterocycles. The maximum absolute atomic E-state index is 14.0. The van der Waals surface area contributed by atoms with Crippen molar-refractivity contribution in [3.05, 3.63) is 150 Å². The number of amides is 1. The van der Waals surface area contributed by atoms with Crippen molar-refractivity contribution in [2.24, 2.45) is 0 Å². The van der Waals surface area contributed by atoms with Crippen molar-refractivity contribution in [3.63, 3.8) is 0 Å². The van der Waals surface area contributed by atoms with Gasteiger partial charge < -0.3 is 4.90 Å². The molecule has 0 atom stereocenters. The first kappa shape index (κ1) is 30.5. The lowest BCUT2D eigenvalue weighted by atomic mass is 9.96. The summed E-state index contributed by atoms with van der Waals surface area (Å²) < 4.78 is 1.91. The molecule has 1 amide bonds. The highest BCUT2D eigenvalue weighted by molar-refractivity contribution is 7.07. The molecule has 6 rings (SSSR count). The largest absolute Gasteiger partial charge is 0.335 e. The van der Waals surface area contributed by atoms with Crippen LogP contribution in [0.1, 0.15) is 22.9 Å². The zero-order valence-corrected chi connectivity index (χ0v) is 26.3. The summed E-state index contributed by atoms with van der Waals surface area (Å²) in [6, 6.07) is 32.9. The number of nitriles is 1. The third-order valence-electron chi connectivity index (χ3n) is 7.69. The van der Waals surface area contributed by atoms with E-state index >= 15 is 0 Å². The minimum Gasteiger partial charge on any atom is -0.335 e. The molecule has 0 saturated carbocycles. The van der Waals surface area contributed by atoms with Gasteiger partial charge in [-0.1, -0.05) is 89.9 Å². The number of carbonyl (C=O) groups is 1. The van der Waals surface area contributed by atoms with Gasteiger partial charge in [0.05, 0.1) is 32.0 Å². The fourth-order valence-electron chi connectivity index (χ4n) is 5.52. The second kappa shape index (κ2) is 13.6. The monoisotopic (exact) mass is 651 g/mol. The fraction of sp³-hybridized carbons (Fsp3) is 0.143. The first-order chi connectivity index (χ1) is 21.9. The number of hydrogen-bond donors (Lipinski definition) is 0. The summed E-state index contributed by atoms with van der Waals surface area (Å²) in [6.07, 6.45) is 3.28. The molecule has 1 fully saturated rings. The molecule has 224 valence electrons. The Labute approximate surface area is 274 Å². The quantitative estimate of drug-likeness (QED) is 0.257. The number of benzene rings is 3. The first-order valence-electron chi connectivity index (χ1n) is 14.3. The molecule has 1 aliphatic heterocycles. The van der Waals surface area contributed by atoms with Crippen molar-refractivity contribution in [1.82, 2.24) is 19.4 Å². The van der Waals surface area contributed by atoms with Crippen molar-refractivity contribution >= 4 is 52.1 Å². The van der Waals surface area contributed by atoms with Gasteiger partial charge in [0.15, 0.2) is 5.57 Å². The van der Waals surface area contributed by atoms with Crippen LogP contribution in [0, 0.1) is 11.3 Å². The lowest BCUT2D eigenvalue weighted by Crippen LogP contribution is -2.50. The van der Waals surface area contributed by atoms with Crippen LogP contribution in [-0.2, 0) is 4.79 Å². The van der Waals surface area contributed by atoms with E-state index in [1.165, 1.54) is 15.7 Å². The lowest BCUT2D eigenvalue weighted by Gasteiger charge is -2.39. The third-order valence-corrected chi connectivity index (χ3v) is 9.52. The maximum atomic E-state index is 14.0. The minimum absolute atomic E-state index is 0.0332. The van der Waals surface area contributed by atoms with Gasteiger partial charge in [0.1, 0.15) is 10.7 Å². The molecule has 1 saturated heterocycles. The summed E-state index contributed by atoms with van der Waals surface area (Å²) in [4.78, 5) is 36.1. The van der Waals surface area contributed by atoms with Gasteiger partial charge in [0, 0.05) is 32.4 Å². The molecule has 0 aliphatic carbocycles. The van der Waals surface area contributed by atoms with Gasteiger partial charge in [-0.3, -0.25) is 24.0 Å². The number of aromatic nitrogens is 2. The second-order valence-electron chi connectivity index (χ2n) is 10.4. The van der Waals surface area contributed by atoms with Gasteiger partial charge in [-0.25, -0.2) is 0 Å². The molecule has 0 spiro atoms. The van der Waals surface area contributed by atoms with Crippen LogP contribution >= 0.6 is 34.5 Å². The summed E-state index contributed by atoms with van der Waals surface area (Å²) in [7, 11) is 0. The zero-order chi connectivity index (χ0) is 31.3. The summed E-state index contributed by atoms with van der Waals surface area (Å²) in [6.45, 7) is 2.08. The Kier molecular flexibility index (Phi) is 9.24. The van der Waals surface area contributed by atoms with Crippen LogP contribution in [-0.4, -0.2) is 51.4 Å². The van der Waals surface area contributed by atoms with Crippen LogP contribution in [0.25, 0.3) is 17.3 Å². The number of carbonyl (C=O) groups excluding carboxylic acids is 1. The van der Waals surface area contributed by atoms with Gasteiger partial charge in [-0.2, -0.15) is 5.26 Å². The Morgan fingerprint density at radius 3 is 2.09 bits per heavy atom. The van der Waals surface area contributed by atoms with Crippen LogP contribution in [0.15, 0.2) is 108 Å². The molecule has 10 heteroatoms. The predicted molar refractivity (Wildman–Crippen MR) is 179 cm³/mol. The van der Waals surface area contributed by atoms with E-state index in [2.05, 4.69) is 40.2 Å². The van der Waals surface area contributed by atoms with Crippen molar-refractivity contribution in [2.45, 2.75) is 6.04 Å². The Morgan fingerprint density at radius 1 is 0.867 bits per heavy atom. The van der Waals surface area contributed by atoms with Crippen LogP contribution in [0.5, 0.6) is 0 Å². The van der Waals surface area contributed by atoms with Gasteiger partial charge in [0.25, 0.3) is 11.5 Å². The molecular formula is C35H27Cl2N5O2S. The Morgan fingerprint density at radius 2 is 1.51 bits per heavy atom. The van der Waals surface area contributed by atoms with Crippen LogP contribution in [0.2, 0.25) is 10.0 Å². The van der Waals surface area contributed by atoms with E-state index in [-0.39, 0.29) is 21.3 Å². The van der Waals surface area contributed by atoms with E-state index in [1.54, 1.807) is 47.5 Å². The minimum atomic E-state index is -0.424. The number of piperazine rings is 1. The molecule has 0 bridgehead atoms. The molecule has 1 aliphatic rings. The number of pyridine rings is 1. The van der Waals surface area contributed by atoms with E-state index in [9.17, 15) is 14.9 Å². The Balaban J connectivity index is 1.37. The average Bonchev–Trinajstić information content (AvgIpc) is 3.39. The van der Waals surface area contributed by atoms with E-state index in [1.807, 2.05) is 42.5 Å². The number of nitrogens with zero attached hydrogens (tertiary/aromatic N) is 5. The number of rotatable bonds is 6. The molecule has 3 aromatic carbocycles. The molecule has 3 heterocycles. The summed E-state index contributed by atoms with van der Waals surface area (Å²) in [5.41, 5.74) is 2.83. The smallest absolute Gasteiger partial charge is 0.273 e. The Hall–Kier alpha value is -4.52. The maximum Gasteiger partial charge on any atom is 0.273 e. The van der Waals surface area contributed by atoms with Crippen molar-refractivity contribution in [1.29, 1.82) is 5.26 Å². The zero-order valence-electron chi connectivity index (χ0n) is 24.0. The van der Waals surface area contributed by atoms with E-state index in [0.717, 1.165) is 11.3 Å². The van der Waals surface area contributed by atoms with E-state index < -0.39 is 11.5 Å². The SMILES string of the molecule is N#CC(C(=O)N1CCN(C(c2ccccc2)c2ccccc2)CC1)=c1sc(=Cc2ccccn2)c(=O)n1-c1ccc(Cl)c(Cl)c1. The Bertz CT molecular complexity index is 2010. The number of halogens is 2. The van der Waals surface area contributed by atoms with E-state index in [4.69, 9.17) is 23.2 Å². The summed E-state index contributed by atoms with van der Waals surface area (Å²) in [5.74, 6) is -0.424. The summed E-state index contributed by atoms with van der Waals surface area (Å²) >= 11 is 13.6. The third kappa shape index (κ3) is 6.48. The number of thiazole rings is 1. The lowest BCUT2D eigenvalue weighted by molar-refractivity contribution is -0.126. The predicted octanol–water partition coefficient (Wildman–Crippen LogP) is 5.04. The second-order valence-corrected chi connectivity index (χ2v) is 12.3. The van der Waals surface area contributed by atoms with Crippen LogP contribution < -0.4 is 14.8 Å². The normalized spacial score (nSPS) is 14.8. The molecule has 0 radical (unpaired) electrons. The fourth-order valence-corrected chi connectivity index (χ4v) is 6.89.